The van der Waals surface area contributed by atoms with Crippen LogP contribution in [-0.2, 0) is 9.53 Å². The molecule has 0 aromatic heterocycles. The third kappa shape index (κ3) is 4.67. The fourth-order valence-corrected chi connectivity index (χ4v) is 3.27. The molecule has 0 N–H and O–H groups in total. The largest absolute Gasteiger partial charge is 0.490 e. The minimum Gasteiger partial charge on any atom is -0.490 e. The van der Waals surface area contributed by atoms with Crippen LogP contribution in [0.1, 0.15) is 32.1 Å². The van der Waals surface area contributed by atoms with Gasteiger partial charge in [0.2, 0.25) is 5.91 Å². The van der Waals surface area contributed by atoms with Crippen molar-refractivity contribution < 1.29 is 18.7 Å². The molecule has 4 nitrogen and oxygen atoms in total. The molecule has 5 heteroatoms. The second-order valence-electron chi connectivity index (χ2n) is 6.44. The lowest BCUT2D eigenvalue weighted by atomic mass is 9.97. The number of ether oxygens (including phenoxy) is 2. The minimum atomic E-state index is -0.260. The van der Waals surface area contributed by atoms with Crippen LogP contribution in [0.5, 0.6) is 5.75 Å². The van der Waals surface area contributed by atoms with Crippen molar-refractivity contribution in [2.75, 3.05) is 26.3 Å². The van der Waals surface area contributed by atoms with Gasteiger partial charge in [-0.15, -0.1) is 0 Å². The number of hydrogen-bond acceptors (Lipinski definition) is 3. The van der Waals surface area contributed by atoms with Crippen LogP contribution in [0.25, 0.3) is 0 Å². The Kier molecular flexibility index (Phi) is 5.49. The molecule has 3 rings (SSSR count). The van der Waals surface area contributed by atoms with E-state index in [2.05, 4.69) is 0 Å². The Bertz CT molecular complexity index is 506. The maximum Gasteiger partial charge on any atom is 0.222 e. The van der Waals surface area contributed by atoms with Crippen LogP contribution >= 0.6 is 0 Å². The number of carbonyl (C=O) groups excluding carboxylic acids is 1. The van der Waals surface area contributed by atoms with Gasteiger partial charge in [0.05, 0.1) is 0 Å². The van der Waals surface area contributed by atoms with Crippen molar-refractivity contribution >= 4 is 5.91 Å². The van der Waals surface area contributed by atoms with Gasteiger partial charge >= 0.3 is 0 Å². The number of amides is 1. The van der Waals surface area contributed by atoms with Crippen molar-refractivity contribution in [3.8, 4) is 5.75 Å². The lowest BCUT2D eigenvalue weighted by Crippen LogP contribution is -2.42. The Morgan fingerprint density at radius 2 is 1.96 bits per heavy atom. The van der Waals surface area contributed by atoms with E-state index in [1.165, 1.54) is 12.1 Å². The first-order chi connectivity index (χ1) is 11.2. The Labute approximate surface area is 136 Å². The molecule has 1 atom stereocenters. The summed E-state index contributed by atoms with van der Waals surface area (Å²) in [6.07, 6.45) is 4.50. The zero-order valence-electron chi connectivity index (χ0n) is 13.4. The van der Waals surface area contributed by atoms with E-state index >= 15 is 0 Å². The van der Waals surface area contributed by atoms with Crippen LogP contribution in [0.2, 0.25) is 0 Å². The van der Waals surface area contributed by atoms with Gasteiger partial charge in [0.15, 0.2) is 0 Å². The van der Waals surface area contributed by atoms with Crippen molar-refractivity contribution in [2.45, 2.75) is 38.2 Å². The first kappa shape index (κ1) is 16.2. The molecule has 0 radical (unpaired) electrons. The molecular weight excluding hydrogens is 297 g/mol. The minimum absolute atomic E-state index is 0.0996. The predicted octanol–water partition coefficient (Wildman–Crippen LogP) is 3.01. The van der Waals surface area contributed by atoms with Gasteiger partial charge in [0.25, 0.3) is 0 Å². The number of hydrogen-bond donors (Lipinski definition) is 0. The van der Waals surface area contributed by atoms with E-state index < -0.39 is 0 Å². The zero-order chi connectivity index (χ0) is 16.1. The maximum atomic E-state index is 12.9. The van der Waals surface area contributed by atoms with Gasteiger partial charge in [-0.25, -0.2) is 4.39 Å². The summed E-state index contributed by atoms with van der Waals surface area (Å²) in [5.74, 6) is 1.05. The number of rotatable bonds is 4. The first-order valence-corrected chi connectivity index (χ1v) is 8.48. The maximum absolute atomic E-state index is 12.9. The fourth-order valence-electron chi connectivity index (χ4n) is 3.27. The van der Waals surface area contributed by atoms with Crippen LogP contribution in [0.4, 0.5) is 4.39 Å². The molecule has 0 spiro atoms. The van der Waals surface area contributed by atoms with E-state index in [1.807, 2.05) is 4.90 Å². The quantitative estimate of drug-likeness (QED) is 0.856. The lowest BCUT2D eigenvalue weighted by Gasteiger charge is -2.33. The SMILES string of the molecule is O=C(CC1CCCOC1)N1CCC(Oc2ccc(F)cc2)CC1. The predicted molar refractivity (Wildman–Crippen MR) is 84.8 cm³/mol. The monoisotopic (exact) mass is 321 g/mol. The van der Waals surface area contributed by atoms with Crippen LogP contribution in [-0.4, -0.2) is 43.2 Å². The fraction of sp³-hybridized carbons (Fsp3) is 0.611. The van der Waals surface area contributed by atoms with Crippen LogP contribution in [0, 0.1) is 11.7 Å². The van der Waals surface area contributed by atoms with E-state index in [4.69, 9.17) is 9.47 Å². The molecule has 23 heavy (non-hydrogen) atoms. The highest BCUT2D eigenvalue weighted by Gasteiger charge is 2.26. The molecular formula is C18H24FNO3. The van der Waals surface area contributed by atoms with E-state index in [9.17, 15) is 9.18 Å². The summed E-state index contributed by atoms with van der Waals surface area (Å²) in [5.41, 5.74) is 0. The smallest absolute Gasteiger partial charge is 0.222 e. The van der Waals surface area contributed by atoms with E-state index in [-0.39, 0.29) is 17.8 Å². The van der Waals surface area contributed by atoms with Crippen molar-refractivity contribution in [3.05, 3.63) is 30.1 Å². The van der Waals surface area contributed by atoms with Crippen molar-refractivity contribution in [1.29, 1.82) is 0 Å². The van der Waals surface area contributed by atoms with Gasteiger partial charge in [0, 0.05) is 45.6 Å². The third-order valence-electron chi connectivity index (χ3n) is 4.63. The van der Waals surface area contributed by atoms with Gasteiger partial charge in [-0.05, 0) is 43.0 Å². The summed E-state index contributed by atoms with van der Waals surface area (Å²) >= 11 is 0. The average molecular weight is 321 g/mol. The van der Waals surface area contributed by atoms with Crippen molar-refractivity contribution in [3.63, 3.8) is 0 Å². The average Bonchev–Trinajstić information content (AvgIpc) is 2.58. The number of likely N-dealkylation sites (tertiary alicyclic amines) is 1. The molecule has 2 saturated heterocycles. The second kappa shape index (κ2) is 7.77. The summed E-state index contributed by atoms with van der Waals surface area (Å²) in [5, 5.41) is 0. The lowest BCUT2D eigenvalue weighted by molar-refractivity contribution is -0.135. The number of carbonyl (C=O) groups is 1. The second-order valence-corrected chi connectivity index (χ2v) is 6.44. The molecule has 0 saturated carbocycles. The van der Waals surface area contributed by atoms with Gasteiger partial charge in [-0.2, -0.15) is 0 Å². The van der Waals surface area contributed by atoms with Crippen LogP contribution < -0.4 is 4.74 Å². The van der Waals surface area contributed by atoms with E-state index in [0.717, 1.165) is 52.0 Å². The van der Waals surface area contributed by atoms with Gasteiger partial charge in [-0.3, -0.25) is 4.79 Å². The van der Waals surface area contributed by atoms with Gasteiger partial charge in [-0.1, -0.05) is 0 Å². The molecule has 126 valence electrons. The summed E-state index contributed by atoms with van der Waals surface area (Å²) < 4.78 is 24.2. The summed E-state index contributed by atoms with van der Waals surface area (Å²) in [6.45, 7) is 3.02. The number of halogens is 1. The third-order valence-corrected chi connectivity index (χ3v) is 4.63. The Hall–Kier alpha value is -1.62. The first-order valence-electron chi connectivity index (χ1n) is 8.48. The molecule has 2 aliphatic rings. The Balaban J connectivity index is 1.42. The summed E-state index contributed by atoms with van der Waals surface area (Å²) in [6, 6.07) is 6.10. The number of piperidine rings is 1. The summed E-state index contributed by atoms with van der Waals surface area (Å²) in [7, 11) is 0. The molecule has 2 aliphatic heterocycles. The molecule has 1 unspecified atom stereocenters. The topological polar surface area (TPSA) is 38.8 Å². The highest BCUT2D eigenvalue weighted by molar-refractivity contribution is 5.76. The molecule has 1 aromatic rings. The zero-order valence-corrected chi connectivity index (χ0v) is 13.4. The summed E-state index contributed by atoms with van der Waals surface area (Å²) in [4.78, 5) is 14.3. The van der Waals surface area contributed by atoms with Crippen molar-refractivity contribution in [2.24, 2.45) is 5.92 Å². The highest BCUT2D eigenvalue weighted by atomic mass is 19.1. The van der Waals surface area contributed by atoms with E-state index in [1.54, 1.807) is 12.1 Å². The molecule has 2 heterocycles. The standard InChI is InChI=1S/C18H24FNO3/c19-15-3-5-16(6-4-15)23-17-7-9-20(10-8-17)18(21)12-14-2-1-11-22-13-14/h3-6,14,17H,1-2,7-13H2. The molecule has 0 bridgehead atoms. The molecule has 2 fully saturated rings. The normalized spacial score (nSPS) is 22.8. The Morgan fingerprint density at radius 1 is 1.22 bits per heavy atom. The van der Waals surface area contributed by atoms with Crippen molar-refractivity contribution in [1.82, 2.24) is 4.90 Å². The Morgan fingerprint density at radius 3 is 2.61 bits per heavy atom. The van der Waals surface area contributed by atoms with Gasteiger partial charge < -0.3 is 14.4 Å². The molecule has 1 amide bonds. The number of nitrogens with zero attached hydrogens (tertiary/aromatic N) is 1. The van der Waals surface area contributed by atoms with E-state index in [0.29, 0.717) is 18.1 Å². The molecule has 1 aromatic carbocycles. The number of benzene rings is 1. The molecule has 0 aliphatic carbocycles. The highest BCUT2D eigenvalue weighted by Crippen LogP contribution is 2.22. The van der Waals surface area contributed by atoms with Crippen LogP contribution in [0.3, 0.4) is 0 Å². The van der Waals surface area contributed by atoms with Gasteiger partial charge in [0.1, 0.15) is 17.7 Å². The van der Waals surface area contributed by atoms with Crippen LogP contribution in [0.15, 0.2) is 24.3 Å².